The van der Waals surface area contributed by atoms with E-state index in [1.165, 1.54) is 18.2 Å². The highest BCUT2D eigenvalue weighted by atomic mass is 79.9. The zero-order chi connectivity index (χ0) is 14.7. The van der Waals surface area contributed by atoms with E-state index in [2.05, 4.69) is 21.2 Å². The van der Waals surface area contributed by atoms with Crippen LogP contribution in [0, 0.1) is 0 Å². The Morgan fingerprint density at radius 3 is 2.60 bits per heavy atom. The molecule has 4 nitrogen and oxygen atoms in total. The number of rotatable bonds is 3. The summed E-state index contributed by atoms with van der Waals surface area (Å²) in [5.74, 6) is -0.723. The van der Waals surface area contributed by atoms with E-state index in [1.54, 1.807) is 6.07 Å². The summed E-state index contributed by atoms with van der Waals surface area (Å²) in [4.78, 5) is 12.2. The lowest BCUT2D eigenvalue weighted by atomic mass is 10.1. The Morgan fingerprint density at radius 2 is 1.90 bits per heavy atom. The normalized spacial score (nSPS) is 11.9. The quantitative estimate of drug-likeness (QED) is 0.590. The van der Waals surface area contributed by atoms with Crippen LogP contribution in [-0.2, 0) is 0 Å². The van der Waals surface area contributed by atoms with Crippen molar-refractivity contribution in [1.82, 2.24) is 0 Å². The van der Waals surface area contributed by atoms with Crippen LogP contribution in [0.2, 0.25) is 0 Å². The number of hydrogen-bond acceptors (Lipinski definition) is 3. The first-order valence-electron chi connectivity index (χ1n) is 6.05. The van der Waals surface area contributed by atoms with Gasteiger partial charge in [-0.2, -0.15) is 0 Å². The largest absolute Gasteiger partial charge is 0.508 e. The minimum Gasteiger partial charge on any atom is -0.508 e. The van der Waals surface area contributed by atoms with E-state index < -0.39 is 5.91 Å². The van der Waals surface area contributed by atoms with E-state index in [0.29, 0.717) is 5.69 Å². The molecule has 5 heteroatoms. The fourth-order valence-corrected chi connectivity index (χ4v) is 2.25. The topological polar surface area (TPSA) is 69.6 Å². The van der Waals surface area contributed by atoms with Crippen LogP contribution < -0.4 is 5.32 Å². The van der Waals surface area contributed by atoms with E-state index in [0.717, 1.165) is 5.56 Å². The molecule has 1 amide bonds. The third kappa shape index (κ3) is 3.11. The van der Waals surface area contributed by atoms with Gasteiger partial charge >= 0.3 is 0 Å². The zero-order valence-electron chi connectivity index (χ0n) is 10.8. The summed E-state index contributed by atoms with van der Waals surface area (Å²) in [6, 6.07) is 11.2. The fourth-order valence-electron chi connectivity index (χ4n) is 1.85. The highest BCUT2D eigenvalue weighted by Crippen LogP contribution is 2.30. The summed E-state index contributed by atoms with van der Waals surface area (Å²) >= 11 is 3.46. The Morgan fingerprint density at radius 1 is 1.20 bits per heavy atom. The number of carbonyl (C=O) groups excluding carboxylic acids is 1. The van der Waals surface area contributed by atoms with Crippen molar-refractivity contribution in [2.75, 3.05) is 5.32 Å². The minimum absolute atomic E-state index is 0.0297. The third-order valence-electron chi connectivity index (χ3n) is 2.86. The summed E-state index contributed by atoms with van der Waals surface area (Å²) in [6.07, 6.45) is 0. The minimum atomic E-state index is -0.473. The number of amides is 1. The predicted molar refractivity (Wildman–Crippen MR) is 81.5 cm³/mol. The van der Waals surface area contributed by atoms with Crippen LogP contribution in [0.1, 0.15) is 27.7 Å². The number of anilines is 1. The van der Waals surface area contributed by atoms with Crippen molar-refractivity contribution in [1.29, 1.82) is 0 Å². The smallest absolute Gasteiger partial charge is 0.259 e. The number of halogens is 1. The van der Waals surface area contributed by atoms with Crippen molar-refractivity contribution < 1.29 is 15.0 Å². The molecular formula is C15H14BrNO3. The van der Waals surface area contributed by atoms with Crippen LogP contribution in [0.5, 0.6) is 11.5 Å². The first kappa shape index (κ1) is 14.4. The van der Waals surface area contributed by atoms with Gasteiger partial charge in [0.2, 0.25) is 0 Å². The predicted octanol–water partition coefficient (Wildman–Crippen LogP) is 3.81. The van der Waals surface area contributed by atoms with E-state index in [-0.39, 0.29) is 21.9 Å². The molecule has 1 unspecified atom stereocenters. The van der Waals surface area contributed by atoms with Crippen molar-refractivity contribution in [3.8, 4) is 11.5 Å². The summed E-state index contributed by atoms with van der Waals surface area (Å²) in [7, 11) is 0. The number of alkyl halides is 1. The maximum absolute atomic E-state index is 12.2. The molecule has 2 aromatic carbocycles. The Hall–Kier alpha value is -2.01. The number of nitrogens with one attached hydrogen (secondary N) is 1. The lowest BCUT2D eigenvalue weighted by Gasteiger charge is -2.13. The van der Waals surface area contributed by atoms with Gasteiger partial charge in [0, 0.05) is 10.5 Å². The highest BCUT2D eigenvalue weighted by Gasteiger charge is 2.15. The van der Waals surface area contributed by atoms with Crippen LogP contribution in [0.15, 0.2) is 42.5 Å². The van der Waals surface area contributed by atoms with Crippen LogP contribution in [0.25, 0.3) is 0 Å². The molecule has 0 spiro atoms. The highest BCUT2D eigenvalue weighted by molar-refractivity contribution is 9.09. The van der Waals surface area contributed by atoms with Gasteiger partial charge in [-0.3, -0.25) is 4.79 Å². The first-order valence-corrected chi connectivity index (χ1v) is 6.97. The molecule has 0 saturated heterocycles. The summed E-state index contributed by atoms with van der Waals surface area (Å²) in [5.41, 5.74) is 1.62. The number of phenols is 2. The van der Waals surface area contributed by atoms with E-state index in [9.17, 15) is 15.0 Å². The van der Waals surface area contributed by atoms with Gasteiger partial charge in [-0.1, -0.05) is 34.1 Å². The van der Waals surface area contributed by atoms with Gasteiger partial charge in [0.15, 0.2) is 0 Å². The molecule has 0 bridgehead atoms. The Kier molecular flexibility index (Phi) is 4.29. The lowest BCUT2D eigenvalue weighted by molar-refractivity contribution is 0.102. The number of para-hydroxylation sites is 1. The van der Waals surface area contributed by atoms with Gasteiger partial charge in [0.25, 0.3) is 5.91 Å². The van der Waals surface area contributed by atoms with E-state index in [1.807, 2.05) is 25.1 Å². The standard InChI is InChI=1S/C15H14BrNO3/c1-9(16)11-4-2-3-5-13(11)17-15(20)12-8-10(18)6-7-14(12)19/h2-9,18-19H,1H3,(H,17,20). The third-order valence-corrected chi connectivity index (χ3v) is 3.36. The van der Waals surface area contributed by atoms with Crippen molar-refractivity contribution in [3.05, 3.63) is 53.6 Å². The second kappa shape index (κ2) is 5.96. The summed E-state index contributed by atoms with van der Waals surface area (Å²) in [6.45, 7) is 1.96. The molecule has 0 radical (unpaired) electrons. The van der Waals surface area contributed by atoms with Crippen LogP contribution >= 0.6 is 15.9 Å². The monoisotopic (exact) mass is 335 g/mol. The second-order valence-electron chi connectivity index (χ2n) is 4.36. The molecule has 104 valence electrons. The van der Waals surface area contributed by atoms with Gasteiger partial charge in [-0.15, -0.1) is 0 Å². The molecule has 0 fully saturated rings. The van der Waals surface area contributed by atoms with Gasteiger partial charge in [0.05, 0.1) is 5.56 Å². The van der Waals surface area contributed by atoms with Crippen molar-refractivity contribution >= 4 is 27.5 Å². The van der Waals surface area contributed by atoms with E-state index in [4.69, 9.17) is 0 Å². The average Bonchev–Trinajstić information content (AvgIpc) is 2.41. The number of carbonyl (C=O) groups is 1. The van der Waals surface area contributed by atoms with Crippen molar-refractivity contribution in [2.24, 2.45) is 0 Å². The SMILES string of the molecule is CC(Br)c1ccccc1NC(=O)c1cc(O)ccc1O. The molecule has 0 aliphatic heterocycles. The molecule has 3 N–H and O–H groups in total. The molecule has 2 aromatic rings. The molecule has 0 aromatic heterocycles. The van der Waals surface area contributed by atoms with Crippen molar-refractivity contribution in [2.45, 2.75) is 11.8 Å². The molecular weight excluding hydrogens is 322 g/mol. The second-order valence-corrected chi connectivity index (χ2v) is 5.73. The first-order chi connectivity index (χ1) is 9.49. The van der Waals surface area contributed by atoms with E-state index >= 15 is 0 Å². The number of phenolic OH excluding ortho intramolecular Hbond substituents is 2. The zero-order valence-corrected chi connectivity index (χ0v) is 12.4. The molecule has 20 heavy (non-hydrogen) atoms. The average molecular weight is 336 g/mol. The Balaban J connectivity index is 2.31. The molecule has 0 saturated carbocycles. The summed E-state index contributed by atoms with van der Waals surface area (Å²) in [5, 5.41) is 21.8. The van der Waals surface area contributed by atoms with Crippen LogP contribution in [0.3, 0.4) is 0 Å². The van der Waals surface area contributed by atoms with Gasteiger partial charge in [0.1, 0.15) is 11.5 Å². The van der Waals surface area contributed by atoms with Crippen molar-refractivity contribution in [3.63, 3.8) is 0 Å². The molecule has 1 atom stereocenters. The van der Waals surface area contributed by atoms with Gasteiger partial charge < -0.3 is 15.5 Å². The molecule has 0 aliphatic rings. The fraction of sp³-hybridized carbons (Fsp3) is 0.133. The Bertz CT molecular complexity index is 641. The Labute approximate surface area is 125 Å². The maximum Gasteiger partial charge on any atom is 0.259 e. The maximum atomic E-state index is 12.2. The lowest BCUT2D eigenvalue weighted by Crippen LogP contribution is -2.13. The van der Waals surface area contributed by atoms with Gasteiger partial charge in [-0.05, 0) is 36.8 Å². The number of hydrogen-bond donors (Lipinski definition) is 3. The summed E-state index contributed by atoms with van der Waals surface area (Å²) < 4.78 is 0. The molecule has 2 rings (SSSR count). The van der Waals surface area contributed by atoms with Crippen LogP contribution in [-0.4, -0.2) is 16.1 Å². The molecule has 0 heterocycles. The van der Waals surface area contributed by atoms with Crippen LogP contribution in [0.4, 0.5) is 5.69 Å². The van der Waals surface area contributed by atoms with Gasteiger partial charge in [-0.25, -0.2) is 0 Å². The number of aromatic hydroxyl groups is 2. The molecule has 0 aliphatic carbocycles. The number of benzene rings is 2.